The van der Waals surface area contributed by atoms with Crippen LogP contribution in [0.1, 0.15) is 0 Å². The van der Waals surface area contributed by atoms with Gasteiger partial charge in [0, 0.05) is 45.1 Å². The highest BCUT2D eigenvalue weighted by molar-refractivity contribution is 7.00. The largest absolute Gasteiger partial charge is 0.456 e. The number of rotatable bonds is 3. The van der Waals surface area contributed by atoms with Gasteiger partial charge in [0.15, 0.2) is 0 Å². The van der Waals surface area contributed by atoms with Gasteiger partial charge in [-0.1, -0.05) is 91.0 Å². The fourth-order valence-corrected chi connectivity index (χ4v) is 6.87. The summed E-state index contributed by atoms with van der Waals surface area (Å²) in [6.07, 6.45) is 0. The van der Waals surface area contributed by atoms with Gasteiger partial charge in [0.25, 0.3) is 6.71 Å². The van der Waals surface area contributed by atoms with Crippen LogP contribution in [0, 0.1) is 0 Å². The van der Waals surface area contributed by atoms with Gasteiger partial charge in [-0.3, -0.25) is 0 Å². The summed E-state index contributed by atoms with van der Waals surface area (Å²) in [5.74, 6) is 0.866. The minimum Gasteiger partial charge on any atom is -0.456 e. The molecule has 42 heavy (non-hydrogen) atoms. The number of fused-ring (bicyclic) bond motifs is 5. The number of benzene rings is 6. The minimum atomic E-state index is 0.104. The molecule has 0 radical (unpaired) electrons. The van der Waals surface area contributed by atoms with E-state index in [0.29, 0.717) is 0 Å². The lowest BCUT2D eigenvalue weighted by atomic mass is 9.33. The molecule has 0 unspecified atom stereocenters. The highest BCUT2D eigenvalue weighted by Gasteiger charge is 2.43. The summed E-state index contributed by atoms with van der Waals surface area (Å²) in [6.45, 7) is 0.104. The summed E-state index contributed by atoms with van der Waals surface area (Å²) >= 11 is 0. The molecule has 0 spiro atoms. The summed E-state index contributed by atoms with van der Waals surface area (Å²) in [6, 6.07) is 54.2. The Bertz CT molecular complexity index is 1970. The van der Waals surface area contributed by atoms with Gasteiger partial charge in [-0.2, -0.15) is 0 Å². The van der Waals surface area contributed by atoms with Crippen molar-refractivity contribution < 1.29 is 4.42 Å². The Hall–Kier alpha value is -5.48. The third-order valence-electron chi connectivity index (χ3n) is 8.62. The van der Waals surface area contributed by atoms with E-state index in [0.717, 1.165) is 33.7 Å². The molecule has 0 saturated heterocycles. The van der Waals surface area contributed by atoms with Crippen LogP contribution in [0.5, 0.6) is 0 Å². The number of para-hydroxylation sites is 5. The third-order valence-corrected chi connectivity index (χ3v) is 8.62. The van der Waals surface area contributed by atoms with E-state index in [4.69, 9.17) is 4.42 Å². The molecular formula is C38H25BN2O. The Morgan fingerprint density at radius 1 is 0.452 bits per heavy atom. The van der Waals surface area contributed by atoms with Gasteiger partial charge < -0.3 is 14.2 Å². The van der Waals surface area contributed by atoms with Crippen LogP contribution in [0.3, 0.4) is 0 Å². The molecule has 3 heterocycles. The molecule has 0 saturated carbocycles. The highest BCUT2D eigenvalue weighted by atomic mass is 16.3. The van der Waals surface area contributed by atoms with E-state index in [2.05, 4.69) is 149 Å². The van der Waals surface area contributed by atoms with Crippen LogP contribution in [0.2, 0.25) is 0 Å². The van der Waals surface area contributed by atoms with Crippen molar-refractivity contribution in [1.82, 2.24) is 0 Å². The van der Waals surface area contributed by atoms with E-state index in [1.807, 2.05) is 12.1 Å². The zero-order valence-corrected chi connectivity index (χ0v) is 22.8. The number of hydrogen-bond acceptors (Lipinski definition) is 3. The van der Waals surface area contributed by atoms with Gasteiger partial charge in [-0.15, -0.1) is 0 Å². The van der Waals surface area contributed by atoms with Crippen LogP contribution in [-0.4, -0.2) is 6.71 Å². The number of hydrogen-bond donors (Lipinski definition) is 0. The second kappa shape index (κ2) is 9.02. The lowest BCUT2D eigenvalue weighted by Gasteiger charge is -2.44. The van der Waals surface area contributed by atoms with Crippen molar-refractivity contribution in [1.29, 1.82) is 0 Å². The first-order chi connectivity index (χ1) is 20.8. The summed E-state index contributed by atoms with van der Waals surface area (Å²) in [5, 5.41) is 1.10. The monoisotopic (exact) mass is 536 g/mol. The van der Waals surface area contributed by atoms with Gasteiger partial charge in [0.05, 0.1) is 0 Å². The maximum atomic E-state index is 6.47. The van der Waals surface area contributed by atoms with Crippen LogP contribution < -0.4 is 26.2 Å². The van der Waals surface area contributed by atoms with Crippen molar-refractivity contribution >= 4 is 68.2 Å². The molecule has 2 aliphatic rings. The zero-order valence-electron chi connectivity index (χ0n) is 22.8. The van der Waals surface area contributed by atoms with Crippen molar-refractivity contribution in [2.24, 2.45) is 0 Å². The minimum absolute atomic E-state index is 0.104. The van der Waals surface area contributed by atoms with Gasteiger partial charge in [0.2, 0.25) is 0 Å². The molecule has 0 amide bonds. The quantitative estimate of drug-likeness (QED) is 0.212. The number of furan rings is 1. The third kappa shape index (κ3) is 3.36. The van der Waals surface area contributed by atoms with Crippen molar-refractivity contribution in [2.75, 3.05) is 9.80 Å². The molecular weight excluding hydrogens is 511 g/mol. The predicted molar refractivity (Wildman–Crippen MR) is 176 cm³/mol. The highest BCUT2D eigenvalue weighted by Crippen LogP contribution is 2.46. The fraction of sp³-hybridized carbons (Fsp3) is 0. The summed E-state index contributed by atoms with van der Waals surface area (Å²) in [4.78, 5) is 4.85. The predicted octanol–water partition coefficient (Wildman–Crippen LogP) is 8.18. The van der Waals surface area contributed by atoms with E-state index < -0.39 is 0 Å². The molecule has 0 fully saturated rings. The summed E-state index contributed by atoms with van der Waals surface area (Å²) < 4.78 is 6.47. The van der Waals surface area contributed by atoms with Crippen LogP contribution in [0.4, 0.5) is 34.1 Å². The standard InChI is InChI=1S/C38H25BN2O/c1-3-14-28(15-4-1)40-32-20-10-8-18-30(32)39-31-19-9-11-21-33(31)41(29-16-5-2-6-17-29)35-24-27(23-34(40)38(35)39)37-25-26-13-7-12-22-36(26)42-37/h1-25H. The van der Waals surface area contributed by atoms with E-state index in [1.165, 1.54) is 39.1 Å². The average molecular weight is 536 g/mol. The van der Waals surface area contributed by atoms with Crippen molar-refractivity contribution in [2.45, 2.75) is 0 Å². The van der Waals surface area contributed by atoms with Crippen LogP contribution >= 0.6 is 0 Å². The first kappa shape index (κ1) is 23.3. The molecule has 2 aliphatic heterocycles. The molecule has 0 aliphatic carbocycles. The normalized spacial score (nSPS) is 13.1. The fourth-order valence-electron chi connectivity index (χ4n) is 6.87. The Kier molecular flexibility index (Phi) is 4.99. The summed E-state index contributed by atoms with van der Waals surface area (Å²) in [5.41, 5.74) is 12.9. The Morgan fingerprint density at radius 3 is 1.52 bits per heavy atom. The molecule has 7 aromatic rings. The summed E-state index contributed by atoms with van der Waals surface area (Å²) in [7, 11) is 0. The Balaban J connectivity index is 1.41. The molecule has 9 rings (SSSR count). The van der Waals surface area contributed by atoms with Gasteiger partial charge in [-0.05, 0) is 77.1 Å². The Labute approximate surface area is 245 Å². The zero-order chi connectivity index (χ0) is 27.6. The molecule has 196 valence electrons. The van der Waals surface area contributed by atoms with Gasteiger partial charge in [0.1, 0.15) is 11.3 Å². The number of nitrogens with zero attached hydrogens (tertiary/aromatic N) is 2. The lowest BCUT2D eigenvalue weighted by molar-refractivity contribution is 0.631. The van der Waals surface area contributed by atoms with Crippen LogP contribution in [0.25, 0.3) is 22.3 Å². The van der Waals surface area contributed by atoms with Crippen LogP contribution in [0.15, 0.2) is 156 Å². The Morgan fingerprint density at radius 2 is 0.952 bits per heavy atom. The molecule has 6 aromatic carbocycles. The van der Waals surface area contributed by atoms with E-state index in [9.17, 15) is 0 Å². The van der Waals surface area contributed by atoms with Crippen molar-refractivity contribution in [3.63, 3.8) is 0 Å². The smallest absolute Gasteiger partial charge is 0.252 e. The molecule has 0 N–H and O–H groups in total. The van der Waals surface area contributed by atoms with Crippen molar-refractivity contribution in [3.8, 4) is 11.3 Å². The SMILES string of the molecule is c1ccc(N2c3ccccc3B3c4ccccc4N(c4ccccc4)c4cc(-c5cc6ccccc6o5)cc2c43)cc1. The maximum Gasteiger partial charge on any atom is 0.252 e. The topological polar surface area (TPSA) is 19.6 Å². The molecule has 0 atom stereocenters. The van der Waals surface area contributed by atoms with Crippen LogP contribution in [-0.2, 0) is 0 Å². The second-order valence-corrected chi connectivity index (χ2v) is 11.0. The van der Waals surface area contributed by atoms with Gasteiger partial charge in [-0.25, -0.2) is 0 Å². The van der Waals surface area contributed by atoms with E-state index in [1.54, 1.807) is 0 Å². The van der Waals surface area contributed by atoms with E-state index in [-0.39, 0.29) is 6.71 Å². The number of anilines is 6. The first-order valence-electron chi connectivity index (χ1n) is 14.4. The molecule has 3 nitrogen and oxygen atoms in total. The van der Waals surface area contributed by atoms with Crippen molar-refractivity contribution in [3.05, 3.63) is 152 Å². The van der Waals surface area contributed by atoms with E-state index >= 15 is 0 Å². The molecule has 0 bridgehead atoms. The van der Waals surface area contributed by atoms with Gasteiger partial charge >= 0.3 is 0 Å². The first-order valence-corrected chi connectivity index (χ1v) is 14.4. The molecule has 1 aromatic heterocycles. The molecule has 4 heteroatoms. The maximum absolute atomic E-state index is 6.47. The second-order valence-electron chi connectivity index (χ2n) is 11.0. The average Bonchev–Trinajstić information content (AvgIpc) is 3.50. The lowest BCUT2D eigenvalue weighted by Crippen LogP contribution is -2.61.